The van der Waals surface area contributed by atoms with Gasteiger partial charge in [-0.3, -0.25) is 9.78 Å². The molecule has 4 N–H and O–H groups in total. The predicted octanol–water partition coefficient (Wildman–Crippen LogP) is 2.08. The van der Waals surface area contributed by atoms with Gasteiger partial charge in [-0.1, -0.05) is 12.1 Å². The minimum atomic E-state index is -0.789. The molecule has 1 aliphatic heterocycles. The summed E-state index contributed by atoms with van der Waals surface area (Å²) in [5.74, 6) is -0.117. The topological polar surface area (TPSA) is 80.0 Å². The van der Waals surface area contributed by atoms with Crippen LogP contribution in [0.3, 0.4) is 0 Å². The minimum absolute atomic E-state index is 0.117. The van der Waals surface area contributed by atoms with Crippen molar-refractivity contribution in [1.29, 1.82) is 0 Å². The largest absolute Gasteiger partial charge is 0.324 e. The van der Waals surface area contributed by atoms with Crippen LogP contribution in [0.25, 0.3) is 11.3 Å². The lowest BCUT2D eigenvalue weighted by molar-refractivity contribution is -0.122. The number of aryl methyl sites for hydroxylation is 1. The maximum absolute atomic E-state index is 12.5. The van der Waals surface area contributed by atoms with Crippen molar-refractivity contribution in [3.05, 3.63) is 48.2 Å². The van der Waals surface area contributed by atoms with Gasteiger partial charge < -0.3 is 16.4 Å². The van der Waals surface area contributed by atoms with Crippen molar-refractivity contribution < 1.29 is 4.79 Å². The monoisotopic (exact) mass is 310 g/mol. The Kier molecular flexibility index (Phi) is 4.41. The lowest BCUT2D eigenvalue weighted by Crippen LogP contribution is -2.56. The van der Waals surface area contributed by atoms with E-state index in [1.807, 2.05) is 43.3 Å². The molecule has 0 aliphatic carbocycles. The van der Waals surface area contributed by atoms with Crippen molar-refractivity contribution in [2.75, 3.05) is 18.4 Å². The minimum Gasteiger partial charge on any atom is -0.324 e. The molecular formula is C18H22N4O. The first-order valence-corrected chi connectivity index (χ1v) is 7.91. The number of rotatable bonds is 3. The summed E-state index contributed by atoms with van der Waals surface area (Å²) < 4.78 is 0. The van der Waals surface area contributed by atoms with Crippen LogP contribution >= 0.6 is 0 Å². The van der Waals surface area contributed by atoms with E-state index < -0.39 is 5.54 Å². The fraction of sp³-hybridized carbons (Fsp3) is 0.333. The van der Waals surface area contributed by atoms with E-state index in [9.17, 15) is 4.79 Å². The second-order valence-corrected chi connectivity index (χ2v) is 6.16. The Morgan fingerprint density at radius 2 is 2.04 bits per heavy atom. The average Bonchev–Trinajstić information content (AvgIpc) is 2.56. The summed E-state index contributed by atoms with van der Waals surface area (Å²) in [6.07, 6.45) is 3.09. The molecule has 0 unspecified atom stereocenters. The molecule has 3 rings (SSSR count). The molecule has 0 bridgehead atoms. The van der Waals surface area contributed by atoms with Crippen molar-refractivity contribution in [2.45, 2.75) is 25.3 Å². The summed E-state index contributed by atoms with van der Waals surface area (Å²) in [6.45, 7) is 3.58. The first kappa shape index (κ1) is 15.6. The van der Waals surface area contributed by atoms with Crippen molar-refractivity contribution in [3.63, 3.8) is 0 Å². The number of benzene rings is 1. The Labute approximate surface area is 136 Å². The lowest BCUT2D eigenvalue weighted by Gasteiger charge is -2.32. The molecule has 0 radical (unpaired) electrons. The summed E-state index contributed by atoms with van der Waals surface area (Å²) in [7, 11) is 0. The quantitative estimate of drug-likeness (QED) is 0.811. The number of pyridine rings is 1. The van der Waals surface area contributed by atoms with Crippen molar-refractivity contribution in [3.8, 4) is 11.3 Å². The van der Waals surface area contributed by atoms with Gasteiger partial charge in [0.15, 0.2) is 0 Å². The van der Waals surface area contributed by atoms with Crippen LogP contribution in [0.15, 0.2) is 42.6 Å². The zero-order valence-electron chi connectivity index (χ0n) is 13.3. The van der Waals surface area contributed by atoms with E-state index in [0.717, 1.165) is 35.6 Å². The summed E-state index contributed by atoms with van der Waals surface area (Å²) in [6, 6.07) is 11.7. The van der Waals surface area contributed by atoms with Gasteiger partial charge in [-0.05, 0) is 62.7 Å². The van der Waals surface area contributed by atoms with Crippen LogP contribution in [-0.2, 0) is 4.79 Å². The van der Waals surface area contributed by atoms with E-state index in [4.69, 9.17) is 5.73 Å². The maximum Gasteiger partial charge on any atom is 0.244 e. The average molecular weight is 310 g/mol. The number of hydrogen-bond acceptors (Lipinski definition) is 4. The molecule has 0 atom stereocenters. The first-order chi connectivity index (χ1) is 11.1. The number of aromatic nitrogens is 1. The highest BCUT2D eigenvalue weighted by Crippen LogP contribution is 2.23. The van der Waals surface area contributed by atoms with E-state index in [1.165, 1.54) is 0 Å². The zero-order chi connectivity index (χ0) is 16.3. The summed E-state index contributed by atoms with van der Waals surface area (Å²) >= 11 is 0. The maximum atomic E-state index is 12.5. The molecule has 5 nitrogen and oxygen atoms in total. The molecule has 1 amide bonds. The molecule has 1 aliphatic rings. The van der Waals surface area contributed by atoms with E-state index in [1.54, 1.807) is 6.20 Å². The molecule has 0 spiro atoms. The standard InChI is InChI=1S/C18H22N4O/c1-13-5-8-21-16(11-13)14-3-2-4-15(12-14)22-17(23)18(19)6-9-20-10-7-18/h2-5,8,11-12,20H,6-7,9-10,19H2,1H3,(H,22,23). The molecule has 1 saturated heterocycles. The summed E-state index contributed by atoms with van der Waals surface area (Å²) in [5.41, 5.74) is 9.24. The molecule has 5 heteroatoms. The highest BCUT2D eigenvalue weighted by Gasteiger charge is 2.35. The van der Waals surface area contributed by atoms with E-state index in [0.29, 0.717) is 12.8 Å². The van der Waals surface area contributed by atoms with Gasteiger partial charge in [0.25, 0.3) is 0 Å². The third-order valence-corrected chi connectivity index (χ3v) is 4.28. The number of nitrogens with two attached hydrogens (primary N) is 1. The Morgan fingerprint density at radius 1 is 1.26 bits per heavy atom. The molecule has 2 heterocycles. The van der Waals surface area contributed by atoms with Gasteiger partial charge in [0.05, 0.1) is 11.2 Å². The number of nitrogens with zero attached hydrogens (tertiary/aromatic N) is 1. The number of hydrogen-bond donors (Lipinski definition) is 3. The summed E-state index contributed by atoms with van der Waals surface area (Å²) in [4.78, 5) is 16.9. The Morgan fingerprint density at radius 3 is 2.78 bits per heavy atom. The first-order valence-electron chi connectivity index (χ1n) is 7.91. The fourth-order valence-electron chi connectivity index (χ4n) is 2.81. The van der Waals surface area contributed by atoms with Crippen molar-refractivity contribution in [1.82, 2.24) is 10.3 Å². The summed E-state index contributed by atoms with van der Waals surface area (Å²) in [5, 5.41) is 6.18. The van der Waals surface area contributed by atoms with Crippen LogP contribution in [-0.4, -0.2) is 29.5 Å². The molecule has 1 aromatic carbocycles. The molecule has 1 fully saturated rings. The Hall–Kier alpha value is -2.24. The number of carbonyl (C=O) groups excluding carboxylic acids is 1. The van der Waals surface area contributed by atoms with Gasteiger partial charge in [-0.15, -0.1) is 0 Å². The van der Waals surface area contributed by atoms with Gasteiger partial charge >= 0.3 is 0 Å². The van der Waals surface area contributed by atoms with Crippen LogP contribution in [0.5, 0.6) is 0 Å². The van der Waals surface area contributed by atoms with E-state index in [-0.39, 0.29) is 5.91 Å². The van der Waals surface area contributed by atoms with Crippen LogP contribution in [0.2, 0.25) is 0 Å². The van der Waals surface area contributed by atoms with Crippen LogP contribution in [0, 0.1) is 6.92 Å². The Bertz CT molecular complexity index is 708. The molecule has 120 valence electrons. The lowest BCUT2D eigenvalue weighted by atomic mass is 9.88. The molecule has 2 aromatic rings. The number of piperidine rings is 1. The third kappa shape index (κ3) is 3.57. The smallest absolute Gasteiger partial charge is 0.244 e. The second-order valence-electron chi connectivity index (χ2n) is 6.16. The Balaban J connectivity index is 1.79. The van der Waals surface area contributed by atoms with Gasteiger partial charge in [-0.25, -0.2) is 0 Å². The number of amides is 1. The van der Waals surface area contributed by atoms with E-state index in [2.05, 4.69) is 15.6 Å². The van der Waals surface area contributed by atoms with Gasteiger partial charge in [0.2, 0.25) is 5.91 Å². The molecular weight excluding hydrogens is 288 g/mol. The molecule has 1 aromatic heterocycles. The normalized spacial score (nSPS) is 16.8. The highest BCUT2D eigenvalue weighted by molar-refractivity contribution is 5.98. The third-order valence-electron chi connectivity index (χ3n) is 4.28. The molecule has 23 heavy (non-hydrogen) atoms. The number of anilines is 1. The van der Waals surface area contributed by atoms with Crippen LogP contribution in [0.1, 0.15) is 18.4 Å². The molecule has 0 saturated carbocycles. The zero-order valence-corrected chi connectivity index (χ0v) is 13.3. The van der Waals surface area contributed by atoms with Crippen molar-refractivity contribution >= 4 is 11.6 Å². The second kappa shape index (κ2) is 6.48. The van der Waals surface area contributed by atoms with Crippen molar-refractivity contribution in [2.24, 2.45) is 5.73 Å². The van der Waals surface area contributed by atoms with Crippen LogP contribution < -0.4 is 16.4 Å². The van der Waals surface area contributed by atoms with Gasteiger partial charge in [0.1, 0.15) is 0 Å². The van der Waals surface area contributed by atoms with Gasteiger partial charge in [-0.2, -0.15) is 0 Å². The number of carbonyl (C=O) groups is 1. The number of nitrogens with one attached hydrogen (secondary N) is 2. The van der Waals surface area contributed by atoms with Crippen LogP contribution in [0.4, 0.5) is 5.69 Å². The highest BCUT2D eigenvalue weighted by atomic mass is 16.2. The van der Waals surface area contributed by atoms with Gasteiger partial charge in [0, 0.05) is 17.4 Å². The fourth-order valence-corrected chi connectivity index (χ4v) is 2.81. The van der Waals surface area contributed by atoms with E-state index >= 15 is 0 Å². The predicted molar refractivity (Wildman–Crippen MR) is 92.1 cm³/mol. The SMILES string of the molecule is Cc1ccnc(-c2cccc(NC(=O)C3(N)CCNCC3)c2)c1.